The Morgan fingerprint density at radius 2 is 2.04 bits per heavy atom. The topological polar surface area (TPSA) is 77.6 Å². The molecule has 0 bridgehead atoms. The van der Waals surface area contributed by atoms with E-state index in [-0.39, 0.29) is 23.3 Å². The quantitative estimate of drug-likeness (QED) is 0.753. The monoisotopic (exact) mass is 363 g/mol. The lowest BCUT2D eigenvalue weighted by molar-refractivity contribution is 0.173. The van der Waals surface area contributed by atoms with E-state index in [1.165, 1.54) is 17.4 Å². The van der Waals surface area contributed by atoms with Gasteiger partial charge in [-0.3, -0.25) is 0 Å². The van der Waals surface area contributed by atoms with E-state index in [1.807, 2.05) is 0 Å². The molecule has 0 atom stereocenters. The Morgan fingerprint density at radius 1 is 1.17 bits per heavy atom. The Morgan fingerprint density at radius 3 is 2.88 bits per heavy atom. The van der Waals surface area contributed by atoms with Gasteiger partial charge in [0, 0.05) is 12.3 Å². The van der Waals surface area contributed by atoms with Gasteiger partial charge in [-0.2, -0.15) is 0 Å². The third kappa shape index (κ3) is 2.63. The number of rotatable bonds is 5. The Labute approximate surface area is 142 Å². The molecule has 0 saturated carbocycles. The molecule has 124 valence electrons. The van der Waals surface area contributed by atoms with Crippen LogP contribution in [0.4, 0.5) is 0 Å². The Kier molecular flexibility index (Phi) is 3.70. The largest absolute Gasteiger partial charge is 0.488 e. The zero-order valence-electron chi connectivity index (χ0n) is 12.4. The van der Waals surface area contributed by atoms with Crippen LogP contribution in [-0.2, 0) is 16.4 Å². The lowest BCUT2D eigenvalue weighted by Gasteiger charge is -2.08. The summed E-state index contributed by atoms with van der Waals surface area (Å²) in [6.45, 7) is 0.356. The number of aromatic amines is 1. The van der Waals surface area contributed by atoms with Crippen molar-refractivity contribution < 1.29 is 22.6 Å². The molecule has 1 aliphatic heterocycles. The second-order valence-corrected chi connectivity index (χ2v) is 7.94. The average Bonchev–Trinajstić information content (AvgIpc) is 3.33. The van der Waals surface area contributed by atoms with E-state index in [0.717, 1.165) is 0 Å². The predicted octanol–water partition coefficient (Wildman–Crippen LogP) is 3.22. The summed E-state index contributed by atoms with van der Waals surface area (Å²) in [5.74, 6) is 1.89. The highest BCUT2D eigenvalue weighted by Crippen LogP contribution is 2.36. The summed E-state index contributed by atoms with van der Waals surface area (Å²) >= 11 is 1.34. The van der Waals surface area contributed by atoms with E-state index in [1.54, 1.807) is 41.9 Å². The van der Waals surface area contributed by atoms with Crippen molar-refractivity contribution in [2.75, 3.05) is 6.79 Å². The van der Waals surface area contributed by atoms with Gasteiger partial charge in [-0.15, -0.1) is 11.3 Å². The van der Waals surface area contributed by atoms with Crippen LogP contribution in [0.15, 0.2) is 57.9 Å². The zero-order valence-corrected chi connectivity index (χ0v) is 14.0. The summed E-state index contributed by atoms with van der Waals surface area (Å²) in [5, 5.41) is 1.92. The van der Waals surface area contributed by atoms with E-state index < -0.39 is 9.84 Å². The first-order valence-electron chi connectivity index (χ1n) is 7.12. The molecule has 3 aromatic rings. The Hall–Kier alpha value is -2.45. The number of benzene rings is 1. The van der Waals surface area contributed by atoms with Crippen LogP contribution in [0, 0.1) is 0 Å². The number of sulfone groups is 1. The molecule has 0 aliphatic carbocycles. The van der Waals surface area contributed by atoms with Crippen LogP contribution in [0.1, 0.15) is 4.88 Å². The molecule has 1 aliphatic rings. The molecule has 0 fully saturated rings. The van der Waals surface area contributed by atoms with Gasteiger partial charge < -0.3 is 19.2 Å². The highest BCUT2D eigenvalue weighted by Gasteiger charge is 2.23. The van der Waals surface area contributed by atoms with Gasteiger partial charge in [-0.1, -0.05) is 0 Å². The van der Waals surface area contributed by atoms with E-state index in [9.17, 15) is 8.42 Å². The van der Waals surface area contributed by atoms with Crippen molar-refractivity contribution in [3.63, 3.8) is 0 Å². The van der Waals surface area contributed by atoms with Gasteiger partial charge in [0.15, 0.2) is 11.5 Å². The maximum absolute atomic E-state index is 12.6. The molecule has 2 aromatic heterocycles. The van der Waals surface area contributed by atoms with Crippen LogP contribution < -0.4 is 14.2 Å². The van der Waals surface area contributed by atoms with Crippen molar-refractivity contribution in [3.8, 4) is 17.2 Å². The Balaban J connectivity index is 1.56. The third-order valence-corrected chi connectivity index (χ3v) is 6.39. The van der Waals surface area contributed by atoms with Crippen molar-refractivity contribution in [3.05, 3.63) is 52.9 Å². The molecule has 0 unspecified atom stereocenters. The standard InChI is InChI=1S/C16H13NO5S2/c18-24(19,16-2-1-6-17-16)15-5-7-23-14(15)9-20-11-3-4-12-13(8-11)22-10-21-12/h1-8,17H,9-10H2. The SMILES string of the molecule is O=S(=O)(c1ccc[nH]1)c1ccsc1COc1ccc2c(c1)OCO2. The van der Waals surface area contributed by atoms with Gasteiger partial charge in [0.25, 0.3) is 0 Å². The molecule has 0 radical (unpaired) electrons. The summed E-state index contributed by atoms with van der Waals surface area (Å²) < 4.78 is 41.5. The number of fused-ring (bicyclic) bond motifs is 1. The van der Waals surface area contributed by atoms with Crippen molar-refractivity contribution in [2.45, 2.75) is 16.5 Å². The summed E-state index contributed by atoms with van der Waals surface area (Å²) in [5.41, 5.74) is 0. The number of ether oxygens (including phenoxy) is 3. The molecule has 3 heterocycles. The molecular formula is C16H13NO5S2. The minimum atomic E-state index is -3.57. The van der Waals surface area contributed by atoms with Gasteiger partial charge in [0.05, 0.1) is 9.77 Å². The second-order valence-electron chi connectivity index (χ2n) is 5.05. The van der Waals surface area contributed by atoms with E-state index in [2.05, 4.69) is 4.98 Å². The summed E-state index contributed by atoms with van der Waals surface area (Å²) in [6.07, 6.45) is 1.59. The molecule has 1 N–H and O–H groups in total. The van der Waals surface area contributed by atoms with Gasteiger partial charge in [-0.25, -0.2) is 8.42 Å². The molecule has 8 heteroatoms. The maximum Gasteiger partial charge on any atom is 0.231 e. The number of thiophene rings is 1. The molecule has 0 saturated heterocycles. The molecule has 4 rings (SSSR count). The molecule has 0 spiro atoms. The van der Waals surface area contributed by atoms with Gasteiger partial charge >= 0.3 is 0 Å². The highest BCUT2D eigenvalue weighted by atomic mass is 32.2. The van der Waals surface area contributed by atoms with Gasteiger partial charge in [-0.05, 0) is 35.7 Å². The van der Waals surface area contributed by atoms with E-state index >= 15 is 0 Å². The van der Waals surface area contributed by atoms with Crippen molar-refractivity contribution in [1.82, 2.24) is 4.98 Å². The van der Waals surface area contributed by atoms with Crippen LogP contribution in [-0.4, -0.2) is 20.2 Å². The lowest BCUT2D eigenvalue weighted by Crippen LogP contribution is -2.05. The first-order valence-corrected chi connectivity index (χ1v) is 9.48. The normalized spacial score (nSPS) is 13.2. The van der Waals surface area contributed by atoms with Crippen LogP contribution in [0.2, 0.25) is 0 Å². The summed E-state index contributed by atoms with van der Waals surface area (Å²) in [7, 11) is -3.57. The fourth-order valence-electron chi connectivity index (χ4n) is 2.39. The smallest absolute Gasteiger partial charge is 0.231 e. The second kappa shape index (κ2) is 5.88. The molecular weight excluding hydrogens is 350 g/mol. The minimum absolute atomic E-state index is 0.159. The fraction of sp³-hybridized carbons (Fsp3) is 0.125. The highest BCUT2D eigenvalue weighted by molar-refractivity contribution is 7.91. The van der Waals surface area contributed by atoms with E-state index in [4.69, 9.17) is 14.2 Å². The lowest BCUT2D eigenvalue weighted by atomic mass is 10.3. The Bertz CT molecular complexity index is 960. The van der Waals surface area contributed by atoms with Crippen LogP contribution in [0.25, 0.3) is 0 Å². The minimum Gasteiger partial charge on any atom is -0.488 e. The maximum atomic E-state index is 12.6. The number of hydrogen-bond acceptors (Lipinski definition) is 6. The van der Waals surface area contributed by atoms with Gasteiger partial charge in [0.1, 0.15) is 17.4 Å². The van der Waals surface area contributed by atoms with Crippen molar-refractivity contribution >= 4 is 21.2 Å². The van der Waals surface area contributed by atoms with E-state index in [0.29, 0.717) is 22.1 Å². The number of nitrogens with one attached hydrogen (secondary N) is 1. The zero-order chi connectivity index (χ0) is 16.6. The molecule has 6 nitrogen and oxygen atoms in total. The fourth-order valence-corrected chi connectivity index (χ4v) is 4.95. The van der Waals surface area contributed by atoms with Crippen molar-refractivity contribution in [1.29, 1.82) is 0 Å². The first-order chi connectivity index (χ1) is 11.6. The number of aromatic nitrogens is 1. The summed E-state index contributed by atoms with van der Waals surface area (Å²) in [6, 6.07) is 10.1. The average molecular weight is 363 g/mol. The van der Waals surface area contributed by atoms with Crippen LogP contribution in [0.3, 0.4) is 0 Å². The summed E-state index contributed by atoms with van der Waals surface area (Å²) in [4.78, 5) is 3.64. The van der Waals surface area contributed by atoms with Crippen LogP contribution in [0.5, 0.6) is 17.2 Å². The van der Waals surface area contributed by atoms with Gasteiger partial charge in [0.2, 0.25) is 16.6 Å². The molecule has 0 amide bonds. The first kappa shape index (κ1) is 15.1. The van der Waals surface area contributed by atoms with Crippen molar-refractivity contribution in [2.24, 2.45) is 0 Å². The molecule has 24 heavy (non-hydrogen) atoms. The third-order valence-electron chi connectivity index (χ3n) is 3.57. The number of hydrogen-bond donors (Lipinski definition) is 1. The number of H-pyrrole nitrogens is 1. The molecule has 1 aromatic carbocycles. The van der Waals surface area contributed by atoms with Crippen LogP contribution >= 0.6 is 11.3 Å². The predicted molar refractivity (Wildman–Crippen MR) is 87.5 cm³/mol.